The van der Waals surface area contributed by atoms with Crippen LogP contribution in [-0.2, 0) is 6.42 Å². The van der Waals surface area contributed by atoms with Crippen LogP contribution < -0.4 is 0 Å². The Balaban J connectivity index is 0.000000123. The van der Waals surface area contributed by atoms with Crippen molar-refractivity contribution < 1.29 is 0 Å². The van der Waals surface area contributed by atoms with E-state index in [2.05, 4.69) is 43.0 Å². The molecule has 1 aromatic carbocycles. The summed E-state index contributed by atoms with van der Waals surface area (Å²) in [6.07, 6.45) is 12.8. The number of benzene rings is 1. The summed E-state index contributed by atoms with van der Waals surface area (Å²) in [6.45, 7) is 3.66. The Hall–Kier alpha value is -1.82. The van der Waals surface area contributed by atoms with Crippen LogP contribution in [0.15, 0.2) is 78.4 Å². The molecule has 0 heteroatoms. The molecule has 2 aliphatic rings. The fraction of sp³-hybridized carbons (Fsp3) is 0.125. The maximum atomic E-state index is 3.66. The Morgan fingerprint density at radius 1 is 1.00 bits per heavy atom. The van der Waals surface area contributed by atoms with Gasteiger partial charge in [-0.1, -0.05) is 60.7 Å². The minimum atomic E-state index is 0.973. The molecule has 3 rings (SSSR count). The van der Waals surface area contributed by atoms with Gasteiger partial charge in [0.05, 0.1) is 0 Å². The third-order valence-corrected chi connectivity index (χ3v) is 2.65. The van der Waals surface area contributed by atoms with E-state index in [4.69, 9.17) is 0 Å². The lowest BCUT2D eigenvalue weighted by Gasteiger charge is -1.91. The summed E-state index contributed by atoms with van der Waals surface area (Å²) in [7, 11) is 0. The second-order valence-electron chi connectivity index (χ2n) is 3.97. The summed E-state index contributed by atoms with van der Waals surface area (Å²) in [5.41, 5.74) is 4.26. The number of rotatable bonds is 2. The fourth-order valence-electron chi connectivity index (χ4n) is 1.79. The molecule has 0 heterocycles. The molecule has 0 nitrogen and oxygen atoms in total. The number of hydrogen-bond donors (Lipinski definition) is 0. The van der Waals surface area contributed by atoms with Crippen molar-refractivity contribution in [1.29, 1.82) is 0 Å². The van der Waals surface area contributed by atoms with E-state index < -0.39 is 0 Å². The zero-order valence-electron chi connectivity index (χ0n) is 9.39. The molecule has 2 aliphatic carbocycles. The topological polar surface area (TPSA) is 0 Å². The van der Waals surface area contributed by atoms with Crippen LogP contribution in [0.5, 0.6) is 0 Å². The lowest BCUT2D eigenvalue weighted by Crippen LogP contribution is -1.75. The smallest absolute Gasteiger partial charge is 0.00258 e. The average Bonchev–Trinajstić information content (AvgIpc) is 2.96. The molecule has 0 unspecified atom stereocenters. The minimum absolute atomic E-state index is 0.973. The van der Waals surface area contributed by atoms with E-state index in [9.17, 15) is 0 Å². The highest BCUT2D eigenvalue weighted by atomic mass is 14.1. The van der Waals surface area contributed by atoms with Gasteiger partial charge in [0, 0.05) is 0 Å². The molecule has 0 amide bonds. The highest BCUT2D eigenvalue weighted by Crippen LogP contribution is 2.27. The molecule has 16 heavy (non-hydrogen) atoms. The van der Waals surface area contributed by atoms with Crippen molar-refractivity contribution in [2.45, 2.75) is 12.8 Å². The van der Waals surface area contributed by atoms with Gasteiger partial charge in [-0.05, 0) is 29.6 Å². The number of fused-ring (bicyclic) bond motifs is 2. The van der Waals surface area contributed by atoms with Crippen LogP contribution in [0.4, 0.5) is 0 Å². The molecule has 0 spiro atoms. The highest BCUT2D eigenvalue weighted by molar-refractivity contribution is 5.49. The van der Waals surface area contributed by atoms with Gasteiger partial charge >= 0.3 is 0 Å². The summed E-state index contributed by atoms with van der Waals surface area (Å²) in [5.74, 6) is 0. The molecule has 0 saturated heterocycles. The van der Waals surface area contributed by atoms with Gasteiger partial charge in [0.1, 0.15) is 0 Å². The van der Waals surface area contributed by atoms with Crippen molar-refractivity contribution in [3.05, 3.63) is 84.0 Å². The van der Waals surface area contributed by atoms with E-state index in [0.717, 1.165) is 6.42 Å². The normalized spacial score (nSPS) is 15.0. The van der Waals surface area contributed by atoms with Crippen molar-refractivity contribution in [2.24, 2.45) is 0 Å². The summed E-state index contributed by atoms with van der Waals surface area (Å²) >= 11 is 0. The van der Waals surface area contributed by atoms with Crippen molar-refractivity contribution in [3.63, 3.8) is 0 Å². The van der Waals surface area contributed by atoms with E-state index >= 15 is 0 Å². The van der Waals surface area contributed by atoms with Crippen LogP contribution in [0.2, 0.25) is 0 Å². The largest absolute Gasteiger partial charge is 0.103 e. The maximum absolute atomic E-state index is 3.66. The zero-order valence-corrected chi connectivity index (χ0v) is 9.39. The predicted molar refractivity (Wildman–Crippen MR) is 70.3 cm³/mol. The van der Waals surface area contributed by atoms with E-state index in [1.807, 2.05) is 24.3 Å². The molecule has 1 aromatic rings. The second kappa shape index (κ2) is 5.32. The van der Waals surface area contributed by atoms with Crippen LogP contribution in [-0.4, -0.2) is 0 Å². The molecule has 0 saturated carbocycles. The Morgan fingerprint density at radius 3 is 2.00 bits per heavy atom. The van der Waals surface area contributed by atoms with E-state index in [1.165, 1.54) is 23.1 Å². The molecule has 0 aliphatic heterocycles. The standard InChI is InChI=1S/C9H10.C7H6/c1-2-6-9-7-4-3-5-8-9;1-2-7-4-3-6(1)5-7/h2-5,7-8H,1,6H2;1-4H,5H2. The third-order valence-electron chi connectivity index (χ3n) is 2.65. The van der Waals surface area contributed by atoms with Gasteiger partial charge in [0.15, 0.2) is 0 Å². The van der Waals surface area contributed by atoms with E-state index in [0.29, 0.717) is 0 Å². The Labute approximate surface area is 97.3 Å². The van der Waals surface area contributed by atoms with Gasteiger partial charge in [0.2, 0.25) is 0 Å². The first-order valence-corrected chi connectivity index (χ1v) is 5.61. The zero-order chi connectivity index (χ0) is 11.2. The summed E-state index contributed by atoms with van der Waals surface area (Å²) in [5, 5.41) is 0. The monoisotopic (exact) mass is 208 g/mol. The van der Waals surface area contributed by atoms with E-state index in [-0.39, 0.29) is 0 Å². The van der Waals surface area contributed by atoms with Crippen molar-refractivity contribution in [1.82, 2.24) is 0 Å². The van der Waals surface area contributed by atoms with Crippen LogP contribution in [0.25, 0.3) is 0 Å². The number of hydrogen-bond acceptors (Lipinski definition) is 0. The van der Waals surface area contributed by atoms with Gasteiger partial charge in [-0.3, -0.25) is 0 Å². The lowest BCUT2D eigenvalue weighted by atomic mass is 10.2. The molecule has 0 N–H and O–H groups in total. The van der Waals surface area contributed by atoms with Crippen LogP contribution >= 0.6 is 0 Å². The molecule has 80 valence electrons. The molecule has 0 radical (unpaired) electrons. The number of allylic oxidation sites excluding steroid dienone is 7. The molecule has 0 fully saturated rings. The van der Waals surface area contributed by atoms with Gasteiger partial charge in [0.25, 0.3) is 0 Å². The van der Waals surface area contributed by atoms with Crippen LogP contribution in [0.1, 0.15) is 12.0 Å². The van der Waals surface area contributed by atoms with Crippen molar-refractivity contribution in [3.8, 4) is 0 Å². The van der Waals surface area contributed by atoms with Gasteiger partial charge in [-0.2, -0.15) is 0 Å². The Kier molecular flexibility index (Phi) is 3.55. The molecule has 2 bridgehead atoms. The lowest BCUT2D eigenvalue weighted by molar-refractivity contribution is 1.28. The van der Waals surface area contributed by atoms with Gasteiger partial charge in [-0.25, -0.2) is 0 Å². The van der Waals surface area contributed by atoms with Crippen molar-refractivity contribution in [2.75, 3.05) is 0 Å². The molecule has 0 aromatic heterocycles. The summed E-state index contributed by atoms with van der Waals surface area (Å²) in [6, 6.07) is 10.3. The summed E-state index contributed by atoms with van der Waals surface area (Å²) in [4.78, 5) is 0. The highest BCUT2D eigenvalue weighted by Gasteiger charge is 2.07. The second-order valence-corrected chi connectivity index (χ2v) is 3.97. The maximum Gasteiger partial charge on any atom is -0.00258 e. The van der Waals surface area contributed by atoms with E-state index in [1.54, 1.807) is 0 Å². The molecular formula is C16H16. The SMILES string of the molecule is C1=CC2=CC=C1C2.C=CCc1ccccc1. The molecular weight excluding hydrogens is 192 g/mol. The first kappa shape index (κ1) is 10.7. The molecule has 0 atom stereocenters. The Morgan fingerprint density at radius 2 is 1.62 bits per heavy atom. The Bertz CT molecular complexity index is 424. The predicted octanol–water partition coefficient (Wildman–Crippen LogP) is 4.23. The van der Waals surface area contributed by atoms with Gasteiger partial charge < -0.3 is 0 Å². The average molecular weight is 208 g/mol. The summed E-state index contributed by atoms with van der Waals surface area (Å²) < 4.78 is 0. The fourth-order valence-corrected chi connectivity index (χ4v) is 1.79. The van der Waals surface area contributed by atoms with Crippen LogP contribution in [0, 0.1) is 0 Å². The minimum Gasteiger partial charge on any atom is -0.103 e. The van der Waals surface area contributed by atoms with Crippen LogP contribution in [0.3, 0.4) is 0 Å². The quantitative estimate of drug-likeness (QED) is 0.638. The first-order chi connectivity index (χ1) is 7.88. The van der Waals surface area contributed by atoms with Crippen molar-refractivity contribution >= 4 is 0 Å². The third kappa shape index (κ3) is 2.83. The first-order valence-electron chi connectivity index (χ1n) is 5.61. The van der Waals surface area contributed by atoms with Gasteiger partial charge in [-0.15, -0.1) is 6.58 Å².